The van der Waals surface area contributed by atoms with Gasteiger partial charge in [0.05, 0.1) is 19.1 Å². The fraction of sp³-hybridized carbons (Fsp3) is 0.450. The van der Waals surface area contributed by atoms with Gasteiger partial charge in [-0.1, -0.05) is 50.1 Å². The van der Waals surface area contributed by atoms with Crippen LogP contribution in [0.2, 0.25) is 5.02 Å². The first kappa shape index (κ1) is 20.2. The molecular weight excluding hydrogens is 380 g/mol. The molecule has 0 saturated heterocycles. The van der Waals surface area contributed by atoms with E-state index in [1.807, 2.05) is 32.0 Å². The molecule has 3 atom stereocenters. The molecular formula is C20H25ClN4O3. The minimum atomic E-state index is -0.713. The number of hydrogen-bond acceptors (Lipinski definition) is 4. The molecule has 8 heteroatoms. The van der Waals surface area contributed by atoms with Crippen LogP contribution in [0.4, 0.5) is 4.79 Å². The summed E-state index contributed by atoms with van der Waals surface area (Å²) >= 11 is 6.44. The van der Waals surface area contributed by atoms with Gasteiger partial charge in [-0.2, -0.15) is 0 Å². The number of halogens is 1. The number of imidazole rings is 1. The second-order valence-electron chi connectivity index (χ2n) is 6.97. The number of nitrogens with one attached hydrogen (secondary N) is 2. The topological polar surface area (TPSA) is 87.3 Å². The van der Waals surface area contributed by atoms with Gasteiger partial charge in [0.15, 0.2) is 0 Å². The third kappa shape index (κ3) is 3.85. The minimum absolute atomic E-state index is 0.0547. The average Bonchev–Trinajstić information content (AvgIpc) is 3.19. The molecule has 0 radical (unpaired) electrons. The maximum absolute atomic E-state index is 13.2. The summed E-state index contributed by atoms with van der Waals surface area (Å²) in [7, 11) is 1.33. The Hall–Kier alpha value is -2.54. The Bertz CT molecular complexity index is 853. The van der Waals surface area contributed by atoms with Crippen molar-refractivity contribution in [1.29, 1.82) is 0 Å². The second kappa shape index (κ2) is 8.65. The van der Waals surface area contributed by atoms with E-state index in [9.17, 15) is 9.59 Å². The molecule has 0 spiro atoms. The monoisotopic (exact) mass is 404 g/mol. The number of ether oxygens (including phenoxy) is 1. The Kier molecular flexibility index (Phi) is 6.24. The van der Waals surface area contributed by atoms with E-state index in [-0.39, 0.29) is 11.9 Å². The Balaban J connectivity index is 1.94. The lowest BCUT2D eigenvalue weighted by Crippen LogP contribution is -2.53. The number of carbonyl (C=O) groups excluding carboxylic acids is 2. The van der Waals surface area contributed by atoms with E-state index in [0.717, 1.165) is 23.4 Å². The summed E-state index contributed by atoms with van der Waals surface area (Å²) in [5, 5.41) is 3.42. The highest BCUT2D eigenvalue weighted by molar-refractivity contribution is 6.31. The number of methoxy groups -OCH3 is 1. The van der Waals surface area contributed by atoms with Gasteiger partial charge in [-0.25, -0.2) is 14.6 Å². The molecule has 3 unspecified atom stereocenters. The van der Waals surface area contributed by atoms with E-state index in [2.05, 4.69) is 15.3 Å². The van der Waals surface area contributed by atoms with Crippen LogP contribution in [0.25, 0.3) is 0 Å². The molecule has 1 aromatic carbocycles. The van der Waals surface area contributed by atoms with Crippen LogP contribution in [0.3, 0.4) is 0 Å². The van der Waals surface area contributed by atoms with E-state index in [1.54, 1.807) is 17.3 Å². The molecule has 2 heterocycles. The molecule has 28 heavy (non-hydrogen) atoms. The van der Waals surface area contributed by atoms with Gasteiger partial charge in [-0.3, -0.25) is 0 Å². The van der Waals surface area contributed by atoms with Gasteiger partial charge in [0, 0.05) is 23.7 Å². The third-order valence-corrected chi connectivity index (χ3v) is 5.68. The summed E-state index contributed by atoms with van der Waals surface area (Å²) < 4.78 is 4.89. The highest BCUT2D eigenvalue weighted by Gasteiger charge is 2.37. The van der Waals surface area contributed by atoms with E-state index < -0.39 is 18.1 Å². The zero-order valence-electron chi connectivity index (χ0n) is 16.2. The lowest BCUT2D eigenvalue weighted by atomic mass is 9.95. The Morgan fingerprint density at radius 3 is 2.86 bits per heavy atom. The number of benzene rings is 1. The molecule has 2 amide bonds. The number of rotatable bonds is 5. The summed E-state index contributed by atoms with van der Waals surface area (Å²) in [6.45, 7) is 4.36. The molecule has 1 aliphatic heterocycles. The van der Waals surface area contributed by atoms with Crippen LogP contribution in [-0.4, -0.2) is 46.6 Å². The molecule has 0 aliphatic carbocycles. The van der Waals surface area contributed by atoms with Gasteiger partial charge in [-0.15, -0.1) is 0 Å². The molecule has 150 valence electrons. The first-order valence-electron chi connectivity index (χ1n) is 9.39. The standard InChI is InChI=1S/C20H25ClN4O3/c1-4-12(2)16(19(26)28-3)24-20(27)25-10-9-15-17(23-11-22-15)18(25)13-7-5-6-8-14(13)21/h5-8,11-12,16,18H,4,9-10H2,1-3H3,(H,22,23)(H,24,27). The molecule has 0 bridgehead atoms. The van der Waals surface area contributed by atoms with Gasteiger partial charge in [0.1, 0.15) is 12.1 Å². The van der Waals surface area contributed by atoms with E-state index in [0.29, 0.717) is 18.0 Å². The zero-order chi connectivity index (χ0) is 20.3. The maximum atomic E-state index is 13.2. The number of urea groups is 1. The van der Waals surface area contributed by atoms with E-state index in [1.165, 1.54) is 7.11 Å². The molecule has 7 nitrogen and oxygen atoms in total. The van der Waals surface area contributed by atoms with Crippen LogP contribution in [0, 0.1) is 5.92 Å². The fourth-order valence-electron chi connectivity index (χ4n) is 3.52. The molecule has 3 rings (SSSR count). The van der Waals surface area contributed by atoms with Crippen LogP contribution < -0.4 is 5.32 Å². The number of hydrogen-bond donors (Lipinski definition) is 2. The van der Waals surface area contributed by atoms with Crippen molar-refractivity contribution in [2.24, 2.45) is 5.92 Å². The number of carbonyl (C=O) groups is 2. The SMILES string of the molecule is CCC(C)C(NC(=O)N1CCc2[nH]cnc2C1c1ccccc1Cl)C(=O)OC. The molecule has 0 saturated carbocycles. The molecule has 1 aromatic heterocycles. The largest absolute Gasteiger partial charge is 0.467 e. The zero-order valence-corrected chi connectivity index (χ0v) is 17.0. The van der Waals surface area contributed by atoms with Crippen LogP contribution in [0.15, 0.2) is 30.6 Å². The van der Waals surface area contributed by atoms with Crippen molar-refractivity contribution in [3.63, 3.8) is 0 Å². The van der Waals surface area contributed by atoms with Gasteiger partial charge in [0.2, 0.25) is 0 Å². The lowest BCUT2D eigenvalue weighted by molar-refractivity contribution is -0.144. The van der Waals surface area contributed by atoms with Gasteiger partial charge < -0.3 is 19.9 Å². The summed E-state index contributed by atoms with van der Waals surface area (Å²) in [5.74, 6) is -0.504. The fourth-order valence-corrected chi connectivity index (χ4v) is 3.76. The third-order valence-electron chi connectivity index (χ3n) is 5.33. The predicted molar refractivity (Wildman–Crippen MR) is 106 cm³/mol. The maximum Gasteiger partial charge on any atom is 0.328 e. The Morgan fingerprint density at radius 2 is 2.18 bits per heavy atom. The number of aromatic nitrogens is 2. The molecule has 2 N–H and O–H groups in total. The van der Waals surface area contributed by atoms with Gasteiger partial charge in [0.25, 0.3) is 0 Å². The quantitative estimate of drug-likeness (QED) is 0.748. The van der Waals surface area contributed by atoms with E-state index in [4.69, 9.17) is 16.3 Å². The summed E-state index contributed by atoms with van der Waals surface area (Å²) in [5.41, 5.74) is 2.55. The summed E-state index contributed by atoms with van der Waals surface area (Å²) in [6.07, 6.45) is 3.01. The smallest absolute Gasteiger partial charge is 0.328 e. The first-order valence-corrected chi connectivity index (χ1v) is 9.77. The summed E-state index contributed by atoms with van der Waals surface area (Å²) in [4.78, 5) is 34.7. The van der Waals surface area contributed by atoms with E-state index >= 15 is 0 Å². The molecule has 2 aromatic rings. The Morgan fingerprint density at radius 1 is 1.43 bits per heavy atom. The van der Waals surface area contributed by atoms with Crippen LogP contribution >= 0.6 is 11.6 Å². The number of nitrogens with zero attached hydrogens (tertiary/aromatic N) is 2. The van der Waals surface area contributed by atoms with Crippen molar-refractivity contribution in [3.8, 4) is 0 Å². The van der Waals surface area contributed by atoms with Crippen molar-refractivity contribution in [2.45, 2.75) is 38.8 Å². The number of fused-ring (bicyclic) bond motifs is 1. The Labute approximate surface area is 169 Å². The number of H-pyrrole nitrogens is 1. The molecule has 0 fully saturated rings. The summed E-state index contributed by atoms with van der Waals surface area (Å²) in [6, 6.07) is 5.94. The normalized spacial score (nSPS) is 18.1. The number of aromatic amines is 1. The number of esters is 1. The first-order chi connectivity index (χ1) is 13.5. The van der Waals surface area contributed by atoms with Crippen molar-refractivity contribution >= 4 is 23.6 Å². The van der Waals surface area contributed by atoms with Crippen LogP contribution in [0.5, 0.6) is 0 Å². The second-order valence-corrected chi connectivity index (χ2v) is 7.38. The lowest BCUT2D eigenvalue weighted by Gasteiger charge is -2.36. The van der Waals surface area contributed by atoms with Crippen LogP contribution in [-0.2, 0) is 16.0 Å². The number of amides is 2. The van der Waals surface area contributed by atoms with Crippen LogP contribution in [0.1, 0.15) is 43.3 Å². The van der Waals surface area contributed by atoms with Gasteiger partial charge >= 0.3 is 12.0 Å². The van der Waals surface area contributed by atoms with Crippen molar-refractivity contribution in [3.05, 3.63) is 52.6 Å². The minimum Gasteiger partial charge on any atom is -0.467 e. The van der Waals surface area contributed by atoms with Gasteiger partial charge in [-0.05, 0) is 17.5 Å². The predicted octanol–water partition coefficient (Wildman–Crippen LogP) is 3.31. The average molecular weight is 405 g/mol. The van der Waals surface area contributed by atoms with Crippen molar-refractivity contribution in [2.75, 3.05) is 13.7 Å². The van der Waals surface area contributed by atoms with Crippen molar-refractivity contribution < 1.29 is 14.3 Å². The molecule has 1 aliphatic rings. The van der Waals surface area contributed by atoms with Crippen molar-refractivity contribution in [1.82, 2.24) is 20.2 Å². The highest BCUT2D eigenvalue weighted by Crippen LogP contribution is 2.36. The highest BCUT2D eigenvalue weighted by atomic mass is 35.5.